The number of aromatic nitrogens is 2. The predicted octanol–water partition coefficient (Wildman–Crippen LogP) is 4.45. The van der Waals surface area contributed by atoms with Crippen molar-refractivity contribution in [3.05, 3.63) is 82.6 Å². The number of halogens is 2. The van der Waals surface area contributed by atoms with E-state index >= 15 is 0 Å². The van der Waals surface area contributed by atoms with Crippen molar-refractivity contribution >= 4 is 15.9 Å². The third-order valence-electron chi connectivity index (χ3n) is 3.48. The molecule has 3 rings (SSSR count). The van der Waals surface area contributed by atoms with Gasteiger partial charge in [0.15, 0.2) is 0 Å². The Bertz CT molecular complexity index is 774. The van der Waals surface area contributed by atoms with Crippen LogP contribution in [0.25, 0.3) is 0 Å². The largest absolute Gasteiger partial charge is 0.493 e. The van der Waals surface area contributed by atoms with Crippen LogP contribution in [-0.2, 0) is 13.0 Å². The Kier molecular flexibility index (Phi) is 5.08. The quantitative estimate of drug-likeness (QED) is 0.636. The zero-order valence-electron chi connectivity index (χ0n) is 12.5. The van der Waals surface area contributed by atoms with E-state index < -0.39 is 0 Å². The van der Waals surface area contributed by atoms with E-state index in [0.29, 0.717) is 24.0 Å². The summed E-state index contributed by atoms with van der Waals surface area (Å²) < 4.78 is 21.5. The molecule has 0 saturated carbocycles. The summed E-state index contributed by atoms with van der Waals surface area (Å²) in [5.41, 5.74) is 1.02. The second-order valence-electron chi connectivity index (χ2n) is 5.13. The molecule has 5 heteroatoms. The molecule has 0 saturated heterocycles. The van der Waals surface area contributed by atoms with Crippen LogP contribution in [0.2, 0.25) is 0 Å². The van der Waals surface area contributed by atoms with Gasteiger partial charge in [-0.1, -0.05) is 24.3 Å². The molecule has 118 valence electrons. The molecule has 23 heavy (non-hydrogen) atoms. The fraction of sp³-hybridized carbons (Fsp3) is 0.167. The van der Waals surface area contributed by atoms with Crippen LogP contribution in [0, 0.1) is 5.82 Å². The maximum Gasteiger partial charge on any atom is 0.137 e. The fourth-order valence-electron chi connectivity index (χ4n) is 2.32. The number of para-hydroxylation sites is 1. The van der Waals surface area contributed by atoms with Crippen molar-refractivity contribution in [1.29, 1.82) is 0 Å². The fourth-order valence-corrected chi connectivity index (χ4v) is 2.75. The second kappa shape index (κ2) is 7.42. The van der Waals surface area contributed by atoms with Gasteiger partial charge in [-0.3, -0.25) is 0 Å². The number of nitrogens with zero attached hydrogens (tertiary/aromatic N) is 2. The number of benzene rings is 2. The number of hydrogen-bond donors (Lipinski definition) is 0. The highest BCUT2D eigenvalue weighted by molar-refractivity contribution is 9.10. The van der Waals surface area contributed by atoms with Crippen molar-refractivity contribution in [2.45, 2.75) is 13.0 Å². The minimum Gasteiger partial charge on any atom is -0.493 e. The zero-order chi connectivity index (χ0) is 16.1. The van der Waals surface area contributed by atoms with Gasteiger partial charge in [0.2, 0.25) is 0 Å². The first-order valence-corrected chi connectivity index (χ1v) is 8.13. The van der Waals surface area contributed by atoms with Gasteiger partial charge in [-0.15, -0.1) is 0 Å². The molecule has 2 aromatic carbocycles. The van der Waals surface area contributed by atoms with Crippen LogP contribution < -0.4 is 4.74 Å². The molecule has 0 bridgehead atoms. The molecule has 3 nitrogen and oxygen atoms in total. The molecule has 0 spiro atoms. The van der Waals surface area contributed by atoms with Gasteiger partial charge in [-0.25, -0.2) is 9.37 Å². The van der Waals surface area contributed by atoms with Crippen LogP contribution in [-0.4, -0.2) is 16.2 Å². The Balaban J connectivity index is 1.61. The van der Waals surface area contributed by atoms with Crippen LogP contribution in [0.5, 0.6) is 5.75 Å². The van der Waals surface area contributed by atoms with Crippen LogP contribution in [0.3, 0.4) is 0 Å². The lowest BCUT2D eigenvalue weighted by Gasteiger charge is -2.10. The molecule has 0 amide bonds. The van der Waals surface area contributed by atoms with Gasteiger partial charge >= 0.3 is 0 Å². The molecule has 0 N–H and O–H groups in total. The summed E-state index contributed by atoms with van der Waals surface area (Å²) >= 11 is 3.22. The van der Waals surface area contributed by atoms with Crippen LogP contribution in [0.15, 0.2) is 65.4 Å². The Hall–Kier alpha value is -2.14. The van der Waals surface area contributed by atoms with E-state index in [4.69, 9.17) is 4.74 Å². The molecular formula is C18H16BrFN2O. The van der Waals surface area contributed by atoms with Crippen molar-refractivity contribution < 1.29 is 9.13 Å². The van der Waals surface area contributed by atoms with E-state index in [1.54, 1.807) is 18.3 Å². The first-order chi connectivity index (χ1) is 11.2. The predicted molar refractivity (Wildman–Crippen MR) is 91.1 cm³/mol. The average Bonchev–Trinajstić information content (AvgIpc) is 2.99. The first-order valence-electron chi connectivity index (χ1n) is 7.34. The number of hydrogen-bond acceptors (Lipinski definition) is 2. The summed E-state index contributed by atoms with van der Waals surface area (Å²) in [5, 5.41) is 0. The smallest absolute Gasteiger partial charge is 0.137 e. The Morgan fingerprint density at radius 3 is 2.74 bits per heavy atom. The van der Waals surface area contributed by atoms with Crippen molar-refractivity contribution in [2.75, 3.05) is 6.61 Å². The lowest BCUT2D eigenvalue weighted by atomic mass is 10.2. The highest BCUT2D eigenvalue weighted by Crippen LogP contribution is 2.18. The second-order valence-corrected chi connectivity index (χ2v) is 5.99. The Morgan fingerprint density at radius 2 is 1.96 bits per heavy atom. The lowest BCUT2D eigenvalue weighted by Crippen LogP contribution is -2.09. The molecule has 1 heterocycles. The van der Waals surface area contributed by atoms with Gasteiger partial charge in [0.05, 0.1) is 11.1 Å². The van der Waals surface area contributed by atoms with Gasteiger partial charge in [0.1, 0.15) is 17.4 Å². The molecule has 0 atom stereocenters. The molecule has 3 aromatic rings. The summed E-state index contributed by atoms with van der Waals surface area (Å²) in [7, 11) is 0. The summed E-state index contributed by atoms with van der Waals surface area (Å²) in [6, 6.07) is 14.8. The van der Waals surface area contributed by atoms with E-state index in [-0.39, 0.29) is 5.82 Å². The Labute approximate surface area is 142 Å². The van der Waals surface area contributed by atoms with E-state index in [1.165, 1.54) is 6.07 Å². The number of imidazole rings is 1. The van der Waals surface area contributed by atoms with Crippen molar-refractivity contribution in [3.8, 4) is 5.75 Å². The van der Waals surface area contributed by atoms with Crippen LogP contribution in [0.1, 0.15) is 11.4 Å². The molecular weight excluding hydrogens is 359 g/mol. The summed E-state index contributed by atoms with van der Waals surface area (Å²) in [6.45, 7) is 1.22. The molecule has 0 radical (unpaired) electrons. The van der Waals surface area contributed by atoms with Crippen molar-refractivity contribution in [3.63, 3.8) is 0 Å². The average molecular weight is 375 g/mol. The maximum atomic E-state index is 13.3. The van der Waals surface area contributed by atoms with Gasteiger partial charge in [0, 0.05) is 25.4 Å². The van der Waals surface area contributed by atoms with Crippen molar-refractivity contribution in [2.24, 2.45) is 0 Å². The van der Waals surface area contributed by atoms with Crippen LogP contribution in [0.4, 0.5) is 4.39 Å². The SMILES string of the molecule is Fc1ccc(Cn2ccnc2CCOc2ccccc2)cc1Br. The molecule has 0 aliphatic carbocycles. The monoisotopic (exact) mass is 374 g/mol. The normalized spacial score (nSPS) is 10.7. The van der Waals surface area contributed by atoms with E-state index in [9.17, 15) is 4.39 Å². The molecule has 0 aliphatic heterocycles. The molecule has 0 aliphatic rings. The van der Waals surface area contributed by atoms with E-state index in [0.717, 1.165) is 17.1 Å². The topological polar surface area (TPSA) is 27.1 Å². The first kappa shape index (κ1) is 15.7. The molecule has 0 fully saturated rings. The minimum absolute atomic E-state index is 0.254. The third kappa shape index (κ3) is 4.20. The number of ether oxygens (including phenoxy) is 1. The minimum atomic E-state index is -0.254. The van der Waals surface area contributed by atoms with E-state index in [2.05, 4.69) is 20.9 Å². The lowest BCUT2D eigenvalue weighted by molar-refractivity contribution is 0.317. The van der Waals surface area contributed by atoms with Gasteiger partial charge in [0.25, 0.3) is 0 Å². The van der Waals surface area contributed by atoms with E-state index in [1.807, 2.05) is 41.1 Å². The summed E-state index contributed by atoms with van der Waals surface area (Å²) in [6.07, 6.45) is 4.41. The Morgan fingerprint density at radius 1 is 1.13 bits per heavy atom. The highest BCUT2D eigenvalue weighted by Gasteiger charge is 2.06. The van der Waals surface area contributed by atoms with Crippen LogP contribution >= 0.6 is 15.9 Å². The third-order valence-corrected chi connectivity index (χ3v) is 4.08. The van der Waals surface area contributed by atoms with Gasteiger partial charge in [-0.2, -0.15) is 0 Å². The van der Waals surface area contributed by atoms with Gasteiger partial charge < -0.3 is 9.30 Å². The summed E-state index contributed by atoms with van der Waals surface area (Å²) in [4.78, 5) is 4.38. The van der Waals surface area contributed by atoms with Gasteiger partial charge in [-0.05, 0) is 45.8 Å². The highest BCUT2D eigenvalue weighted by atomic mass is 79.9. The zero-order valence-corrected chi connectivity index (χ0v) is 14.0. The maximum absolute atomic E-state index is 13.3. The summed E-state index contributed by atoms with van der Waals surface area (Å²) in [5.74, 6) is 1.55. The van der Waals surface area contributed by atoms with Crippen molar-refractivity contribution in [1.82, 2.24) is 9.55 Å². The number of rotatable bonds is 6. The standard InChI is InChI=1S/C18H16BrFN2O/c19-16-12-14(6-7-17(16)20)13-22-10-9-21-18(22)8-11-23-15-4-2-1-3-5-15/h1-7,9-10,12H,8,11,13H2. The molecule has 1 aromatic heterocycles. The molecule has 0 unspecified atom stereocenters.